The van der Waals surface area contributed by atoms with E-state index in [9.17, 15) is 15.0 Å². The van der Waals surface area contributed by atoms with Crippen LogP contribution in [0.15, 0.2) is 18.2 Å². The molecular weight excluding hydrogens is 222 g/mol. The Morgan fingerprint density at radius 2 is 2.18 bits per heavy atom. The lowest BCUT2D eigenvalue weighted by atomic mass is 10.1. The Morgan fingerprint density at radius 3 is 2.76 bits per heavy atom. The number of hydrogen-bond donors (Lipinski definition) is 2. The van der Waals surface area contributed by atoms with Crippen molar-refractivity contribution >= 4 is 6.09 Å². The molecule has 1 aromatic carbocycles. The van der Waals surface area contributed by atoms with Crippen LogP contribution >= 0.6 is 0 Å². The Morgan fingerprint density at radius 1 is 1.41 bits per heavy atom. The third-order valence-electron chi connectivity index (χ3n) is 2.90. The van der Waals surface area contributed by atoms with Gasteiger partial charge in [0.2, 0.25) is 0 Å². The number of nitrogens with zero attached hydrogens (tertiary/aromatic N) is 1. The Balaban J connectivity index is 2.04. The van der Waals surface area contributed by atoms with E-state index in [2.05, 4.69) is 0 Å². The summed E-state index contributed by atoms with van der Waals surface area (Å²) in [6.45, 7) is 2.96. The van der Waals surface area contributed by atoms with Gasteiger partial charge in [0.05, 0.1) is 6.54 Å². The summed E-state index contributed by atoms with van der Waals surface area (Å²) in [5, 5.41) is 18.6. The molecule has 17 heavy (non-hydrogen) atoms. The van der Waals surface area contributed by atoms with E-state index in [0.717, 1.165) is 5.56 Å². The van der Waals surface area contributed by atoms with E-state index in [-0.39, 0.29) is 23.6 Å². The van der Waals surface area contributed by atoms with Crippen LogP contribution in [-0.2, 0) is 11.2 Å². The normalized spacial score (nSPS) is 17.0. The first-order valence-electron chi connectivity index (χ1n) is 5.52. The summed E-state index contributed by atoms with van der Waals surface area (Å²) >= 11 is 0. The highest BCUT2D eigenvalue weighted by atomic mass is 16.6. The standard InChI is InChI=1S/C12H15NO4/c1-8(13-4-5-17-12(13)16)6-9-2-3-10(14)11(15)7-9/h2-3,7-8,14-15H,4-6H2,1H3. The zero-order valence-electron chi connectivity index (χ0n) is 9.59. The van der Waals surface area contributed by atoms with E-state index < -0.39 is 0 Å². The molecule has 0 radical (unpaired) electrons. The topological polar surface area (TPSA) is 70.0 Å². The summed E-state index contributed by atoms with van der Waals surface area (Å²) in [5.74, 6) is -0.277. The summed E-state index contributed by atoms with van der Waals surface area (Å²) < 4.78 is 4.86. The van der Waals surface area contributed by atoms with Crippen molar-refractivity contribution < 1.29 is 19.7 Å². The first-order valence-corrected chi connectivity index (χ1v) is 5.52. The molecule has 1 aliphatic heterocycles. The quantitative estimate of drug-likeness (QED) is 0.781. The molecule has 5 nitrogen and oxygen atoms in total. The molecule has 1 aliphatic rings. The molecule has 2 N–H and O–H groups in total. The number of rotatable bonds is 3. The van der Waals surface area contributed by atoms with Crippen LogP contribution in [0.4, 0.5) is 4.79 Å². The van der Waals surface area contributed by atoms with Crippen LogP contribution in [-0.4, -0.2) is 40.4 Å². The minimum atomic E-state index is -0.291. The maximum absolute atomic E-state index is 11.3. The van der Waals surface area contributed by atoms with Crippen LogP contribution in [0.1, 0.15) is 12.5 Å². The number of cyclic esters (lactones) is 1. The fraction of sp³-hybridized carbons (Fsp3) is 0.417. The molecule has 5 heteroatoms. The Kier molecular flexibility index (Phi) is 3.08. The number of hydrogen-bond acceptors (Lipinski definition) is 4. The van der Waals surface area contributed by atoms with Crippen LogP contribution in [0.2, 0.25) is 0 Å². The number of phenols is 2. The second-order valence-corrected chi connectivity index (χ2v) is 4.18. The predicted molar refractivity (Wildman–Crippen MR) is 61.0 cm³/mol. The van der Waals surface area contributed by atoms with E-state index >= 15 is 0 Å². The van der Waals surface area contributed by atoms with Crippen LogP contribution < -0.4 is 0 Å². The molecule has 2 rings (SSSR count). The molecule has 0 aliphatic carbocycles. The smallest absolute Gasteiger partial charge is 0.410 e. The minimum Gasteiger partial charge on any atom is -0.504 e. The molecule has 92 valence electrons. The summed E-state index contributed by atoms with van der Waals surface area (Å²) in [7, 11) is 0. The van der Waals surface area contributed by atoms with Gasteiger partial charge < -0.3 is 19.8 Å². The highest BCUT2D eigenvalue weighted by molar-refractivity contribution is 5.69. The minimum absolute atomic E-state index is 0.00828. The van der Waals surface area contributed by atoms with E-state index in [0.29, 0.717) is 19.6 Å². The van der Waals surface area contributed by atoms with Gasteiger partial charge in [-0.25, -0.2) is 4.79 Å². The van der Waals surface area contributed by atoms with Gasteiger partial charge >= 0.3 is 6.09 Å². The molecule has 1 amide bonds. The van der Waals surface area contributed by atoms with Gasteiger partial charge in [0.1, 0.15) is 6.61 Å². The van der Waals surface area contributed by atoms with Crippen molar-refractivity contribution in [1.82, 2.24) is 4.90 Å². The van der Waals surface area contributed by atoms with Crippen molar-refractivity contribution in [2.45, 2.75) is 19.4 Å². The highest BCUT2D eigenvalue weighted by Crippen LogP contribution is 2.26. The number of carbonyl (C=O) groups excluding carboxylic acids is 1. The maximum atomic E-state index is 11.3. The SMILES string of the molecule is CC(Cc1ccc(O)c(O)c1)N1CCOC1=O. The van der Waals surface area contributed by atoms with Gasteiger partial charge in [0, 0.05) is 6.04 Å². The van der Waals surface area contributed by atoms with Crippen molar-refractivity contribution in [1.29, 1.82) is 0 Å². The van der Waals surface area contributed by atoms with Crippen molar-refractivity contribution in [2.24, 2.45) is 0 Å². The lowest BCUT2D eigenvalue weighted by molar-refractivity contribution is 0.150. The van der Waals surface area contributed by atoms with Gasteiger partial charge in [-0.05, 0) is 31.0 Å². The molecular formula is C12H15NO4. The molecule has 0 bridgehead atoms. The molecule has 1 fully saturated rings. The predicted octanol–water partition coefficient (Wildman–Crippen LogP) is 1.48. The second kappa shape index (κ2) is 4.53. The average molecular weight is 237 g/mol. The van der Waals surface area contributed by atoms with Crippen molar-refractivity contribution in [3.05, 3.63) is 23.8 Å². The molecule has 0 saturated carbocycles. The van der Waals surface area contributed by atoms with Gasteiger partial charge in [-0.1, -0.05) is 6.07 Å². The highest BCUT2D eigenvalue weighted by Gasteiger charge is 2.26. The van der Waals surface area contributed by atoms with Gasteiger partial charge in [-0.3, -0.25) is 0 Å². The molecule has 0 aromatic heterocycles. The number of benzene rings is 1. The second-order valence-electron chi connectivity index (χ2n) is 4.18. The number of carbonyl (C=O) groups is 1. The van der Waals surface area contributed by atoms with Crippen molar-refractivity contribution in [2.75, 3.05) is 13.2 Å². The number of aromatic hydroxyl groups is 2. The Bertz CT molecular complexity index is 433. The monoisotopic (exact) mass is 237 g/mol. The molecule has 1 unspecified atom stereocenters. The summed E-state index contributed by atoms with van der Waals surface area (Å²) in [6, 6.07) is 4.69. The zero-order chi connectivity index (χ0) is 12.4. The first-order chi connectivity index (χ1) is 8.08. The molecule has 1 saturated heterocycles. The average Bonchev–Trinajstić information content (AvgIpc) is 2.70. The van der Waals surface area contributed by atoms with Crippen molar-refractivity contribution in [3.63, 3.8) is 0 Å². The van der Waals surface area contributed by atoms with Gasteiger partial charge in [0.25, 0.3) is 0 Å². The number of amides is 1. The first kappa shape index (κ1) is 11.6. The number of ether oxygens (including phenoxy) is 1. The zero-order valence-corrected chi connectivity index (χ0v) is 9.59. The van der Waals surface area contributed by atoms with Gasteiger partial charge in [-0.2, -0.15) is 0 Å². The maximum Gasteiger partial charge on any atom is 0.410 e. The van der Waals surface area contributed by atoms with E-state index in [4.69, 9.17) is 4.74 Å². The lowest BCUT2D eigenvalue weighted by Crippen LogP contribution is -2.35. The van der Waals surface area contributed by atoms with Gasteiger partial charge in [0.15, 0.2) is 11.5 Å². The fourth-order valence-electron chi connectivity index (χ4n) is 1.95. The molecule has 1 atom stereocenters. The number of phenolic OH excluding ortho intramolecular Hbond substituents is 2. The Labute approximate surface area is 99.2 Å². The van der Waals surface area contributed by atoms with Crippen LogP contribution in [0.25, 0.3) is 0 Å². The van der Waals surface area contributed by atoms with Crippen LogP contribution in [0.5, 0.6) is 11.5 Å². The Hall–Kier alpha value is -1.91. The lowest BCUT2D eigenvalue weighted by Gasteiger charge is -2.21. The van der Waals surface area contributed by atoms with Crippen molar-refractivity contribution in [3.8, 4) is 11.5 Å². The summed E-state index contributed by atoms with van der Waals surface area (Å²) in [4.78, 5) is 13.0. The summed E-state index contributed by atoms with van der Waals surface area (Å²) in [5.41, 5.74) is 0.868. The van der Waals surface area contributed by atoms with Crippen LogP contribution in [0.3, 0.4) is 0 Å². The van der Waals surface area contributed by atoms with E-state index in [1.54, 1.807) is 11.0 Å². The van der Waals surface area contributed by atoms with E-state index in [1.165, 1.54) is 12.1 Å². The largest absolute Gasteiger partial charge is 0.504 e. The molecule has 1 heterocycles. The third-order valence-corrected chi connectivity index (χ3v) is 2.90. The van der Waals surface area contributed by atoms with Crippen LogP contribution in [0, 0.1) is 0 Å². The van der Waals surface area contributed by atoms with Gasteiger partial charge in [-0.15, -0.1) is 0 Å². The summed E-state index contributed by atoms with van der Waals surface area (Å²) in [6.07, 6.45) is 0.323. The molecule has 1 aromatic rings. The fourth-order valence-corrected chi connectivity index (χ4v) is 1.95. The third kappa shape index (κ3) is 2.43. The van der Waals surface area contributed by atoms with E-state index in [1.807, 2.05) is 6.92 Å². The molecule has 0 spiro atoms.